The monoisotopic (exact) mass is 278 g/mol. The van der Waals surface area contributed by atoms with Gasteiger partial charge in [0.25, 0.3) is 0 Å². The number of carbonyl (C=O) groups excluding carboxylic acids is 1. The molecular weight excluding hydrogens is 264 g/mol. The summed E-state index contributed by atoms with van der Waals surface area (Å²) in [5, 5.41) is 12.5. The van der Waals surface area contributed by atoms with Gasteiger partial charge in [-0.3, -0.25) is 10.4 Å². The smallest absolute Gasteiger partial charge is 0.307 e. The quantitative estimate of drug-likeness (QED) is 0.798. The molecule has 0 atom stereocenters. The highest BCUT2D eigenvalue weighted by Gasteiger charge is 2.10. The van der Waals surface area contributed by atoms with Crippen molar-refractivity contribution < 1.29 is 4.79 Å². The van der Waals surface area contributed by atoms with Crippen molar-refractivity contribution in [2.75, 3.05) is 10.6 Å². The van der Waals surface area contributed by atoms with E-state index in [0.717, 1.165) is 11.3 Å². The van der Waals surface area contributed by atoms with Crippen LogP contribution >= 0.6 is 11.6 Å². The second kappa shape index (κ2) is 5.75. The molecule has 5 nitrogen and oxygen atoms in total. The first-order valence-electron chi connectivity index (χ1n) is 5.93. The number of hydrogen-bond donors (Lipinski definition) is 3. The molecular formula is C13H15ClN4O. The fourth-order valence-electron chi connectivity index (χ4n) is 1.73. The molecule has 0 spiro atoms. The van der Waals surface area contributed by atoms with Gasteiger partial charge in [0.15, 0.2) is 0 Å². The zero-order valence-electron chi connectivity index (χ0n) is 10.7. The van der Waals surface area contributed by atoms with E-state index in [1.54, 1.807) is 24.4 Å². The Balaban J connectivity index is 2.12. The van der Waals surface area contributed by atoms with E-state index in [2.05, 4.69) is 20.8 Å². The number of benzene rings is 1. The second-order valence-corrected chi connectivity index (χ2v) is 4.87. The highest BCUT2D eigenvalue weighted by Crippen LogP contribution is 2.27. The molecule has 1 aromatic heterocycles. The van der Waals surface area contributed by atoms with Gasteiger partial charge >= 0.3 is 6.03 Å². The summed E-state index contributed by atoms with van der Waals surface area (Å²) in [4.78, 5) is 11.8. The normalized spacial score (nSPS) is 10.5. The van der Waals surface area contributed by atoms with E-state index in [9.17, 15) is 4.79 Å². The number of H-pyrrole nitrogens is 1. The maximum atomic E-state index is 11.8. The maximum absolute atomic E-state index is 11.8. The van der Waals surface area contributed by atoms with Gasteiger partial charge in [-0.05, 0) is 29.7 Å². The van der Waals surface area contributed by atoms with Gasteiger partial charge in [-0.15, -0.1) is 0 Å². The number of rotatable bonds is 3. The Morgan fingerprint density at radius 3 is 2.74 bits per heavy atom. The van der Waals surface area contributed by atoms with Gasteiger partial charge in [-0.25, -0.2) is 4.79 Å². The van der Waals surface area contributed by atoms with E-state index in [4.69, 9.17) is 11.6 Å². The molecule has 0 aliphatic carbocycles. The zero-order chi connectivity index (χ0) is 13.8. The number of halogens is 1. The van der Waals surface area contributed by atoms with E-state index in [1.807, 2.05) is 19.9 Å². The van der Waals surface area contributed by atoms with E-state index < -0.39 is 0 Å². The lowest BCUT2D eigenvalue weighted by atomic mass is 10.0. The van der Waals surface area contributed by atoms with Crippen LogP contribution in [-0.4, -0.2) is 16.2 Å². The van der Waals surface area contributed by atoms with E-state index in [0.29, 0.717) is 10.8 Å². The van der Waals surface area contributed by atoms with Crippen LogP contribution in [0.3, 0.4) is 0 Å². The Morgan fingerprint density at radius 2 is 2.11 bits per heavy atom. The molecule has 0 radical (unpaired) electrons. The predicted octanol–water partition coefficient (Wildman–Crippen LogP) is 3.83. The highest BCUT2D eigenvalue weighted by atomic mass is 35.5. The number of hydrogen-bond acceptors (Lipinski definition) is 2. The standard InChI is InChI=1S/C13H15ClN4O/c1-8(2)10-7-9(14)3-4-11(10)16-13(19)17-12-5-6-15-18-12/h3-8H,1-2H3,(H3,15,16,17,18,19). The largest absolute Gasteiger partial charge is 0.324 e. The van der Waals surface area contributed by atoms with Crippen molar-refractivity contribution in [3.8, 4) is 0 Å². The highest BCUT2D eigenvalue weighted by molar-refractivity contribution is 6.30. The third-order valence-electron chi connectivity index (χ3n) is 2.63. The molecule has 6 heteroatoms. The molecule has 100 valence electrons. The lowest BCUT2D eigenvalue weighted by Gasteiger charge is -2.14. The van der Waals surface area contributed by atoms with Crippen LogP contribution in [0.25, 0.3) is 0 Å². The molecule has 2 amide bonds. The van der Waals surface area contributed by atoms with Crippen molar-refractivity contribution in [1.29, 1.82) is 0 Å². The van der Waals surface area contributed by atoms with Gasteiger partial charge in [-0.1, -0.05) is 25.4 Å². The summed E-state index contributed by atoms with van der Waals surface area (Å²) in [6.07, 6.45) is 1.57. The minimum Gasteiger partial charge on any atom is -0.307 e. The molecule has 2 rings (SSSR count). The number of aromatic amines is 1. The van der Waals surface area contributed by atoms with Crippen molar-refractivity contribution in [3.63, 3.8) is 0 Å². The fourth-order valence-corrected chi connectivity index (χ4v) is 1.91. The number of nitrogens with zero attached hydrogens (tertiary/aromatic N) is 1. The van der Waals surface area contributed by atoms with E-state index >= 15 is 0 Å². The third kappa shape index (κ3) is 3.48. The zero-order valence-corrected chi connectivity index (χ0v) is 11.5. The van der Waals surface area contributed by atoms with E-state index in [1.165, 1.54) is 0 Å². The average molecular weight is 279 g/mol. The first-order valence-corrected chi connectivity index (χ1v) is 6.31. The Morgan fingerprint density at radius 1 is 1.32 bits per heavy atom. The van der Waals surface area contributed by atoms with Crippen molar-refractivity contribution in [2.45, 2.75) is 19.8 Å². The van der Waals surface area contributed by atoms with Crippen LogP contribution in [0, 0.1) is 0 Å². The van der Waals surface area contributed by atoms with Gasteiger partial charge in [-0.2, -0.15) is 5.10 Å². The number of carbonyl (C=O) groups is 1. The van der Waals surface area contributed by atoms with Crippen molar-refractivity contribution in [2.24, 2.45) is 0 Å². The van der Waals surface area contributed by atoms with Gasteiger partial charge in [0.1, 0.15) is 5.82 Å². The SMILES string of the molecule is CC(C)c1cc(Cl)ccc1NC(=O)Nc1ccn[nH]1. The summed E-state index contributed by atoms with van der Waals surface area (Å²) in [6.45, 7) is 4.09. The predicted molar refractivity (Wildman–Crippen MR) is 76.8 cm³/mol. The third-order valence-corrected chi connectivity index (χ3v) is 2.87. The van der Waals surface area contributed by atoms with Gasteiger partial charge in [0.05, 0.1) is 6.20 Å². The van der Waals surface area contributed by atoms with Gasteiger partial charge in [0, 0.05) is 16.8 Å². The lowest BCUT2D eigenvalue weighted by Crippen LogP contribution is -2.20. The Hall–Kier alpha value is -2.01. The number of amides is 2. The summed E-state index contributed by atoms with van der Waals surface area (Å²) < 4.78 is 0. The average Bonchev–Trinajstić information content (AvgIpc) is 2.83. The van der Waals surface area contributed by atoms with Gasteiger partial charge < -0.3 is 5.32 Å². The lowest BCUT2D eigenvalue weighted by molar-refractivity contribution is 0.262. The summed E-state index contributed by atoms with van der Waals surface area (Å²) in [7, 11) is 0. The minimum atomic E-state index is -0.325. The minimum absolute atomic E-state index is 0.265. The summed E-state index contributed by atoms with van der Waals surface area (Å²) in [5.41, 5.74) is 1.74. The first kappa shape index (κ1) is 13.4. The van der Waals surface area contributed by atoms with Crippen molar-refractivity contribution >= 4 is 29.1 Å². The fraction of sp³-hybridized carbons (Fsp3) is 0.231. The molecule has 0 saturated heterocycles. The van der Waals surface area contributed by atoms with Crippen LogP contribution in [0.15, 0.2) is 30.5 Å². The second-order valence-electron chi connectivity index (χ2n) is 4.44. The molecule has 0 aliphatic heterocycles. The molecule has 19 heavy (non-hydrogen) atoms. The molecule has 2 aromatic rings. The van der Waals surface area contributed by atoms with Crippen molar-refractivity contribution in [1.82, 2.24) is 10.2 Å². The molecule has 3 N–H and O–H groups in total. The molecule has 0 unspecified atom stereocenters. The van der Waals surface area contributed by atoms with Crippen LogP contribution in [0.5, 0.6) is 0 Å². The Labute approximate surface area is 116 Å². The molecule has 0 saturated carbocycles. The van der Waals surface area contributed by atoms with Crippen molar-refractivity contribution in [3.05, 3.63) is 41.0 Å². The number of urea groups is 1. The van der Waals surface area contributed by atoms with Crippen LogP contribution < -0.4 is 10.6 Å². The number of aromatic nitrogens is 2. The summed E-state index contributed by atoms with van der Waals surface area (Å²) in [5.74, 6) is 0.804. The number of nitrogens with one attached hydrogen (secondary N) is 3. The van der Waals surface area contributed by atoms with E-state index in [-0.39, 0.29) is 11.9 Å². The molecule has 1 aromatic carbocycles. The molecule has 0 fully saturated rings. The van der Waals surface area contributed by atoms with Crippen LogP contribution in [0.1, 0.15) is 25.3 Å². The molecule has 1 heterocycles. The number of anilines is 2. The van der Waals surface area contributed by atoms with Crippen LogP contribution in [-0.2, 0) is 0 Å². The summed E-state index contributed by atoms with van der Waals surface area (Å²) in [6, 6.07) is 6.75. The molecule has 0 aliphatic rings. The topological polar surface area (TPSA) is 69.8 Å². The Bertz CT molecular complexity index is 566. The molecule has 0 bridgehead atoms. The van der Waals surface area contributed by atoms with Crippen LogP contribution in [0.2, 0.25) is 5.02 Å². The summed E-state index contributed by atoms with van der Waals surface area (Å²) >= 11 is 5.97. The van der Waals surface area contributed by atoms with Crippen LogP contribution in [0.4, 0.5) is 16.3 Å². The first-order chi connectivity index (χ1) is 9.06. The maximum Gasteiger partial charge on any atom is 0.324 e. The van der Waals surface area contributed by atoms with Gasteiger partial charge in [0.2, 0.25) is 0 Å². The Kier molecular flexibility index (Phi) is 4.06.